The molecule has 0 aliphatic carbocycles. The normalized spacial score (nSPS) is 14.8. The number of aliphatic hydroxyl groups excluding tert-OH is 1. The van der Waals surface area contributed by atoms with Crippen LogP contribution in [0.1, 0.15) is 53.0 Å². The summed E-state index contributed by atoms with van der Waals surface area (Å²) in [6.45, 7) is 12.4. The summed E-state index contributed by atoms with van der Waals surface area (Å²) in [5.41, 5.74) is 1.29. The molecule has 0 amide bonds. The lowest BCUT2D eigenvalue weighted by Gasteiger charge is -2.28. The minimum atomic E-state index is -0.200. The molecule has 1 unspecified atom stereocenters. The molecule has 3 nitrogen and oxygen atoms in total. The van der Waals surface area contributed by atoms with E-state index >= 15 is 0 Å². The van der Waals surface area contributed by atoms with Gasteiger partial charge in [-0.05, 0) is 49.4 Å². The largest absolute Gasteiger partial charge is 0.494 e. The minimum Gasteiger partial charge on any atom is -0.494 e. The van der Waals surface area contributed by atoms with Crippen molar-refractivity contribution in [2.24, 2.45) is 0 Å². The Morgan fingerprint density at radius 1 is 1.10 bits per heavy atom. The van der Waals surface area contributed by atoms with Gasteiger partial charge in [-0.2, -0.15) is 0 Å². The van der Waals surface area contributed by atoms with Crippen LogP contribution in [0.4, 0.5) is 0 Å². The number of hydrogen-bond donors (Lipinski definition) is 2. The summed E-state index contributed by atoms with van der Waals surface area (Å²) in [6, 6.07) is 8.34. The predicted molar refractivity (Wildman–Crippen MR) is 89.0 cm³/mol. The van der Waals surface area contributed by atoms with Gasteiger partial charge in [0.25, 0.3) is 0 Å². The van der Waals surface area contributed by atoms with Gasteiger partial charge in [-0.15, -0.1) is 0 Å². The van der Waals surface area contributed by atoms with E-state index in [4.69, 9.17) is 4.74 Å². The van der Waals surface area contributed by atoms with Gasteiger partial charge in [0.2, 0.25) is 0 Å². The molecule has 3 heteroatoms. The molecule has 1 atom stereocenters. The molecule has 0 saturated carbocycles. The fraction of sp³-hybridized carbons (Fsp3) is 0.667. The maximum atomic E-state index is 9.44. The Bertz CT molecular complexity index is 408. The molecule has 1 aromatic carbocycles. The predicted octanol–water partition coefficient (Wildman–Crippen LogP) is 3.50. The molecule has 1 aromatic rings. The first-order chi connectivity index (χ1) is 9.80. The van der Waals surface area contributed by atoms with E-state index < -0.39 is 0 Å². The van der Waals surface area contributed by atoms with Crippen molar-refractivity contribution in [2.75, 3.05) is 19.8 Å². The summed E-state index contributed by atoms with van der Waals surface area (Å²) in [4.78, 5) is 0. The van der Waals surface area contributed by atoms with E-state index in [-0.39, 0.29) is 17.6 Å². The van der Waals surface area contributed by atoms with Gasteiger partial charge in [0.05, 0.1) is 13.2 Å². The first kappa shape index (κ1) is 18.0. The van der Waals surface area contributed by atoms with Gasteiger partial charge in [0, 0.05) is 5.54 Å². The van der Waals surface area contributed by atoms with Crippen LogP contribution in [0, 0.1) is 0 Å². The summed E-state index contributed by atoms with van der Waals surface area (Å²) in [5.74, 6) is 0.914. The molecule has 1 rings (SSSR count). The standard InChI is InChI=1S/C18H31NO2/c1-6-19-18(5,14-20)12-7-13-21-16-10-8-15(9-11-16)17(2,3)4/h8-11,19-20H,6-7,12-14H2,1-5H3. The van der Waals surface area contributed by atoms with Crippen LogP contribution in [0.2, 0.25) is 0 Å². The van der Waals surface area contributed by atoms with Crippen LogP contribution in [0.25, 0.3) is 0 Å². The first-order valence-electron chi connectivity index (χ1n) is 7.90. The van der Waals surface area contributed by atoms with Crippen LogP contribution in [-0.2, 0) is 5.41 Å². The average molecular weight is 293 g/mol. The zero-order valence-electron chi connectivity index (χ0n) is 14.2. The van der Waals surface area contributed by atoms with Crippen molar-refractivity contribution in [3.8, 4) is 5.75 Å². The third kappa shape index (κ3) is 6.06. The van der Waals surface area contributed by atoms with Crippen molar-refractivity contribution in [3.63, 3.8) is 0 Å². The highest BCUT2D eigenvalue weighted by atomic mass is 16.5. The summed E-state index contributed by atoms with van der Waals surface area (Å²) in [7, 11) is 0. The van der Waals surface area contributed by atoms with Gasteiger partial charge in [-0.1, -0.05) is 39.8 Å². The van der Waals surface area contributed by atoms with Crippen molar-refractivity contribution in [2.45, 2.75) is 58.4 Å². The van der Waals surface area contributed by atoms with Crippen molar-refractivity contribution < 1.29 is 9.84 Å². The number of ether oxygens (including phenoxy) is 1. The number of likely N-dealkylation sites (N-methyl/N-ethyl adjacent to an activating group) is 1. The van der Waals surface area contributed by atoms with Gasteiger partial charge >= 0.3 is 0 Å². The molecule has 21 heavy (non-hydrogen) atoms. The number of benzene rings is 1. The van der Waals surface area contributed by atoms with Gasteiger partial charge < -0.3 is 15.2 Å². The molecule has 120 valence electrons. The molecule has 0 bridgehead atoms. The van der Waals surface area contributed by atoms with E-state index in [2.05, 4.69) is 52.1 Å². The zero-order chi connectivity index (χ0) is 15.9. The zero-order valence-corrected chi connectivity index (χ0v) is 14.2. The van der Waals surface area contributed by atoms with Crippen molar-refractivity contribution in [3.05, 3.63) is 29.8 Å². The smallest absolute Gasteiger partial charge is 0.119 e. The molecule has 0 aliphatic rings. The average Bonchev–Trinajstić information content (AvgIpc) is 2.43. The number of rotatable bonds is 8. The van der Waals surface area contributed by atoms with Gasteiger partial charge in [0.15, 0.2) is 0 Å². The second kappa shape index (κ2) is 7.81. The van der Waals surface area contributed by atoms with Crippen molar-refractivity contribution in [1.29, 1.82) is 0 Å². The Morgan fingerprint density at radius 3 is 2.19 bits per heavy atom. The third-order valence-corrected chi connectivity index (χ3v) is 3.81. The maximum Gasteiger partial charge on any atom is 0.119 e. The monoisotopic (exact) mass is 293 g/mol. The Labute approximate surface area is 129 Å². The van der Waals surface area contributed by atoms with E-state index in [1.165, 1.54) is 5.56 Å². The van der Waals surface area contributed by atoms with Crippen LogP contribution in [-0.4, -0.2) is 30.4 Å². The highest BCUT2D eigenvalue weighted by Crippen LogP contribution is 2.24. The summed E-state index contributed by atoms with van der Waals surface area (Å²) in [5, 5.41) is 12.8. The number of hydrogen-bond acceptors (Lipinski definition) is 3. The van der Waals surface area contributed by atoms with E-state index in [0.29, 0.717) is 6.61 Å². The van der Waals surface area contributed by atoms with Crippen molar-refractivity contribution >= 4 is 0 Å². The lowest BCUT2D eigenvalue weighted by atomic mass is 9.87. The molecule has 0 fully saturated rings. The van der Waals surface area contributed by atoms with Crippen LogP contribution >= 0.6 is 0 Å². The third-order valence-electron chi connectivity index (χ3n) is 3.81. The Hall–Kier alpha value is -1.06. The van der Waals surface area contributed by atoms with Gasteiger partial charge in [-0.25, -0.2) is 0 Å². The fourth-order valence-electron chi connectivity index (χ4n) is 2.35. The summed E-state index contributed by atoms with van der Waals surface area (Å²) < 4.78 is 5.78. The van der Waals surface area contributed by atoms with E-state index in [1.54, 1.807) is 0 Å². The van der Waals surface area contributed by atoms with Crippen LogP contribution in [0.5, 0.6) is 5.75 Å². The van der Waals surface area contributed by atoms with E-state index in [0.717, 1.165) is 25.1 Å². The molecule has 0 spiro atoms. The Kier molecular flexibility index (Phi) is 6.69. The summed E-state index contributed by atoms with van der Waals surface area (Å²) >= 11 is 0. The van der Waals surface area contributed by atoms with Crippen LogP contribution in [0.3, 0.4) is 0 Å². The topological polar surface area (TPSA) is 41.5 Å². The van der Waals surface area contributed by atoms with E-state index in [9.17, 15) is 5.11 Å². The van der Waals surface area contributed by atoms with Crippen LogP contribution in [0.15, 0.2) is 24.3 Å². The Balaban J connectivity index is 2.39. The number of aliphatic hydroxyl groups is 1. The molecular weight excluding hydrogens is 262 g/mol. The second-order valence-corrected chi connectivity index (χ2v) is 6.98. The summed E-state index contributed by atoms with van der Waals surface area (Å²) in [6.07, 6.45) is 1.82. The molecule has 0 heterocycles. The lowest BCUT2D eigenvalue weighted by Crippen LogP contribution is -2.45. The molecule has 2 N–H and O–H groups in total. The van der Waals surface area contributed by atoms with Crippen LogP contribution < -0.4 is 10.1 Å². The molecular formula is C18H31NO2. The highest BCUT2D eigenvalue weighted by molar-refractivity contribution is 5.31. The fourth-order valence-corrected chi connectivity index (χ4v) is 2.35. The lowest BCUT2D eigenvalue weighted by molar-refractivity contribution is 0.158. The van der Waals surface area contributed by atoms with Gasteiger partial charge in [0.1, 0.15) is 5.75 Å². The molecule has 0 aromatic heterocycles. The van der Waals surface area contributed by atoms with E-state index in [1.807, 2.05) is 12.1 Å². The van der Waals surface area contributed by atoms with Crippen molar-refractivity contribution in [1.82, 2.24) is 5.32 Å². The molecule has 0 saturated heterocycles. The molecule has 0 radical (unpaired) electrons. The second-order valence-electron chi connectivity index (χ2n) is 6.98. The quantitative estimate of drug-likeness (QED) is 0.721. The number of nitrogens with one attached hydrogen (secondary N) is 1. The molecule has 0 aliphatic heterocycles. The minimum absolute atomic E-state index is 0.154. The highest BCUT2D eigenvalue weighted by Gasteiger charge is 2.21. The first-order valence-corrected chi connectivity index (χ1v) is 7.90. The Morgan fingerprint density at radius 2 is 1.71 bits per heavy atom. The maximum absolute atomic E-state index is 9.44. The van der Waals surface area contributed by atoms with Gasteiger partial charge in [-0.3, -0.25) is 0 Å². The SMILES string of the molecule is CCNC(C)(CO)CCCOc1ccc(C(C)(C)C)cc1.